The van der Waals surface area contributed by atoms with Crippen LogP contribution >= 0.6 is 36.4 Å². The molecule has 1 aromatic carbocycles. The van der Waals surface area contributed by atoms with E-state index in [1.807, 2.05) is 18.2 Å². The maximum absolute atomic E-state index is 12.3. The normalized spacial score (nSPS) is 22.0. The largest absolute Gasteiger partial charge is 0.380 e. The van der Waals surface area contributed by atoms with Crippen LogP contribution in [0.25, 0.3) is 11.0 Å². The summed E-state index contributed by atoms with van der Waals surface area (Å²) in [4.78, 5) is 20.1. The van der Waals surface area contributed by atoms with E-state index in [9.17, 15) is 4.79 Å². The number of H-pyrrole nitrogens is 1. The second-order valence-electron chi connectivity index (χ2n) is 6.69. The minimum absolute atomic E-state index is 0. The summed E-state index contributed by atoms with van der Waals surface area (Å²) in [6.07, 6.45) is 4.06. The number of hydrogen-bond acceptors (Lipinski definition) is 4. The molecule has 6 nitrogen and oxygen atoms in total. The monoisotopic (exact) mass is 436 g/mol. The van der Waals surface area contributed by atoms with Gasteiger partial charge in [0.15, 0.2) is 0 Å². The number of amides is 1. The summed E-state index contributed by atoms with van der Waals surface area (Å²) in [6, 6.07) is 5.54. The number of aryl methyl sites for hydroxylation is 1. The van der Waals surface area contributed by atoms with Crippen LogP contribution in [0.4, 0.5) is 0 Å². The molecule has 0 radical (unpaired) electrons. The number of carbonyl (C=O) groups is 1. The van der Waals surface area contributed by atoms with Crippen molar-refractivity contribution in [3.05, 3.63) is 29.0 Å². The molecule has 1 aromatic heterocycles. The third-order valence-corrected chi connectivity index (χ3v) is 5.13. The van der Waals surface area contributed by atoms with E-state index >= 15 is 0 Å². The van der Waals surface area contributed by atoms with Crippen molar-refractivity contribution in [2.75, 3.05) is 13.7 Å². The Labute approximate surface area is 176 Å². The van der Waals surface area contributed by atoms with Crippen LogP contribution in [0.3, 0.4) is 0 Å². The van der Waals surface area contributed by atoms with Gasteiger partial charge in [0, 0.05) is 37.1 Å². The molecule has 0 saturated heterocycles. The van der Waals surface area contributed by atoms with Crippen LogP contribution in [0.2, 0.25) is 5.02 Å². The Kier molecular flexibility index (Phi) is 9.84. The third-order valence-electron chi connectivity index (χ3n) is 4.89. The predicted molar refractivity (Wildman–Crippen MR) is 113 cm³/mol. The quantitative estimate of drug-likeness (QED) is 0.605. The lowest BCUT2D eigenvalue weighted by molar-refractivity contribution is -0.127. The number of nitrogens with one attached hydrogen (secondary N) is 2. The Morgan fingerprint density at radius 3 is 2.89 bits per heavy atom. The van der Waals surface area contributed by atoms with Gasteiger partial charge >= 0.3 is 0 Å². The Bertz CT molecular complexity index is 740. The topological polar surface area (TPSA) is 93.0 Å². The number of imidazole rings is 1. The molecule has 3 rings (SSSR count). The van der Waals surface area contributed by atoms with Crippen molar-refractivity contribution < 1.29 is 9.53 Å². The number of nitrogens with zero attached hydrogens (tertiary/aromatic N) is 1. The first-order valence-corrected chi connectivity index (χ1v) is 9.15. The smallest absolute Gasteiger partial charge is 0.223 e. The summed E-state index contributed by atoms with van der Waals surface area (Å²) in [5.74, 6) is 1.00. The fraction of sp³-hybridized carbons (Fsp3) is 0.556. The summed E-state index contributed by atoms with van der Waals surface area (Å²) in [5.41, 5.74) is 7.92. The van der Waals surface area contributed by atoms with Gasteiger partial charge in [0.05, 0.1) is 17.1 Å². The molecule has 0 unspecified atom stereocenters. The zero-order valence-corrected chi connectivity index (χ0v) is 17.6. The summed E-state index contributed by atoms with van der Waals surface area (Å²) in [5, 5.41) is 3.71. The molecule has 0 bridgehead atoms. The number of ether oxygens (including phenoxy) is 1. The lowest BCUT2D eigenvalue weighted by atomic mass is 9.83. The molecule has 152 valence electrons. The van der Waals surface area contributed by atoms with Crippen LogP contribution in [0.15, 0.2) is 18.2 Å². The molecular weight excluding hydrogens is 411 g/mol. The fourth-order valence-electron chi connectivity index (χ4n) is 3.47. The zero-order valence-electron chi connectivity index (χ0n) is 15.2. The Morgan fingerprint density at radius 1 is 1.41 bits per heavy atom. The molecular formula is C18H27Cl3N4O2. The van der Waals surface area contributed by atoms with Crippen LogP contribution in [-0.4, -0.2) is 41.7 Å². The molecule has 4 N–H and O–H groups in total. The van der Waals surface area contributed by atoms with Crippen molar-refractivity contribution in [2.45, 2.75) is 44.2 Å². The number of rotatable bonds is 6. The molecule has 0 spiro atoms. The van der Waals surface area contributed by atoms with Crippen LogP contribution in [0, 0.1) is 5.92 Å². The van der Waals surface area contributed by atoms with Crippen LogP contribution in [0.5, 0.6) is 0 Å². The van der Waals surface area contributed by atoms with E-state index in [1.165, 1.54) is 0 Å². The van der Waals surface area contributed by atoms with Crippen LogP contribution in [0.1, 0.15) is 31.5 Å². The molecule has 1 heterocycles. The predicted octanol–water partition coefficient (Wildman–Crippen LogP) is 3.25. The van der Waals surface area contributed by atoms with Gasteiger partial charge in [-0.2, -0.15) is 0 Å². The highest BCUT2D eigenvalue weighted by Crippen LogP contribution is 2.25. The van der Waals surface area contributed by atoms with E-state index in [4.69, 9.17) is 22.1 Å². The van der Waals surface area contributed by atoms with Gasteiger partial charge in [-0.1, -0.05) is 11.6 Å². The average molecular weight is 438 g/mol. The lowest BCUT2D eigenvalue weighted by Crippen LogP contribution is -2.45. The number of nitrogens with two attached hydrogens (primary N) is 1. The first-order chi connectivity index (χ1) is 12.1. The summed E-state index contributed by atoms with van der Waals surface area (Å²) in [6.45, 7) is 0.635. The van der Waals surface area contributed by atoms with Crippen molar-refractivity contribution in [1.29, 1.82) is 0 Å². The molecule has 1 aliphatic carbocycles. The Hall–Kier alpha value is -1.05. The third kappa shape index (κ3) is 6.22. The molecule has 3 atom stereocenters. The molecule has 1 amide bonds. The molecule has 0 aliphatic heterocycles. The van der Waals surface area contributed by atoms with Gasteiger partial charge in [0.25, 0.3) is 0 Å². The number of fused-ring (bicyclic) bond motifs is 1. The van der Waals surface area contributed by atoms with Gasteiger partial charge in [-0.05, 0) is 43.9 Å². The number of hydrogen-bond donors (Lipinski definition) is 3. The number of aromatic amines is 1. The summed E-state index contributed by atoms with van der Waals surface area (Å²) >= 11 is 5.98. The highest BCUT2D eigenvalue weighted by atomic mass is 35.5. The highest BCUT2D eigenvalue weighted by Gasteiger charge is 2.31. The van der Waals surface area contributed by atoms with Gasteiger partial charge in [0.1, 0.15) is 5.82 Å². The van der Waals surface area contributed by atoms with Gasteiger partial charge in [-0.15, -0.1) is 24.8 Å². The van der Waals surface area contributed by atoms with E-state index in [0.717, 1.165) is 42.5 Å². The van der Waals surface area contributed by atoms with Crippen LogP contribution < -0.4 is 11.1 Å². The lowest BCUT2D eigenvalue weighted by Gasteiger charge is -2.32. The van der Waals surface area contributed by atoms with Gasteiger partial charge in [-0.3, -0.25) is 4.79 Å². The molecule has 1 saturated carbocycles. The summed E-state index contributed by atoms with van der Waals surface area (Å²) in [7, 11) is 1.68. The Balaban J connectivity index is 0.00000182. The van der Waals surface area contributed by atoms with E-state index in [1.54, 1.807) is 7.11 Å². The zero-order chi connectivity index (χ0) is 17.8. The van der Waals surface area contributed by atoms with Crippen molar-refractivity contribution >= 4 is 53.4 Å². The van der Waals surface area contributed by atoms with E-state index in [0.29, 0.717) is 18.0 Å². The average Bonchev–Trinajstić information content (AvgIpc) is 3.00. The molecule has 1 fully saturated rings. The number of carbonyl (C=O) groups excluding carboxylic acids is 1. The van der Waals surface area contributed by atoms with Crippen molar-refractivity contribution in [3.63, 3.8) is 0 Å². The molecule has 2 aromatic rings. The van der Waals surface area contributed by atoms with E-state index < -0.39 is 0 Å². The van der Waals surface area contributed by atoms with Crippen molar-refractivity contribution in [2.24, 2.45) is 11.7 Å². The van der Waals surface area contributed by atoms with Crippen LogP contribution in [-0.2, 0) is 16.0 Å². The molecule has 27 heavy (non-hydrogen) atoms. The fourth-order valence-corrected chi connectivity index (χ4v) is 3.65. The van der Waals surface area contributed by atoms with Gasteiger partial charge in [0.2, 0.25) is 5.91 Å². The number of methoxy groups -OCH3 is 1. The second kappa shape index (κ2) is 11.1. The van der Waals surface area contributed by atoms with Crippen molar-refractivity contribution in [1.82, 2.24) is 15.3 Å². The molecule has 1 aliphatic rings. The van der Waals surface area contributed by atoms with Gasteiger partial charge in [-0.25, -0.2) is 4.98 Å². The SMILES string of the molecule is CO[C@@H]1CC[C@H](C(=O)NCCCc2nc3ccc(Cl)cc3[nH]2)C[C@H]1N.Cl.Cl. The maximum Gasteiger partial charge on any atom is 0.223 e. The van der Waals surface area contributed by atoms with Crippen molar-refractivity contribution in [3.8, 4) is 0 Å². The molecule has 9 heteroatoms. The first-order valence-electron chi connectivity index (χ1n) is 8.77. The Morgan fingerprint density at radius 2 is 2.19 bits per heavy atom. The number of halogens is 3. The van der Waals surface area contributed by atoms with E-state index in [-0.39, 0.29) is 48.8 Å². The standard InChI is InChI=1S/C18H25ClN4O2.2ClH/c1-25-16-7-4-11(9-13(16)20)18(24)21-8-2-3-17-22-14-6-5-12(19)10-15(14)23-17;;/h5-6,10-11,13,16H,2-4,7-9,20H2,1H3,(H,21,24)(H,22,23);2*1H/t11-,13+,16+;;/m0../s1. The van der Waals surface area contributed by atoms with Gasteiger partial charge < -0.3 is 20.8 Å². The highest BCUT2D eigenvalue weighted by molar-refractivity contribution is 6.31. The number of benzene rings is 1. The summed E-state index contributed by atoms with van der Waals surface area (Å²) < 4.78 is 5.34. The van der Waals surface area contributed by atoms with E-state index in [2.05, 4.69) is 15.3 Å². The maximum atomic E-state index is 12.3. The minimum atomic E-state index is -0.0585. The minimum Gasteiger partial charge on any atom is -0.380 e. The second-order valence-corrected chi connectivity index (χ2v) is 7.12. The first kappa shape index (κ1) is 24.0. The number of aromatic nitrogens is 2.